The van der Waals surface area contributed by atoms with Crippen LogP contribution in [0.5, 0.6) is 0 Å². The van der Waals surface area contributed by atoms with Crippen LogP contribution < -0.4 is 0 Å². The van der Waals surface area contributed by atoms with Gasteiger partial charge in [0.25, 0.3) is 0 Å². The summed E-state index contributed by atoms with van der Waals surface area (Å²) in [5.74, 6) is -0.190. The van der Waals surface area contributed by atoms with E-state index in [0.29, 0.717) is 16.5 Å². The molecule has 0 radical (unpaired) electrons. The molecule has 3 nitrogen and oxygen atoms in total. The number of ketones is 1. The SMILES string of the molecule is O=C(COC(=O)c1ccccc1Cl)c1ccc(C2CCCCC2)cc1. The lowest BCUT2D eigenvalue weighted by Gasteiger charge is -2.22. The number of hydrogen-bond donors (Lipinski definition) is 0. The molecule has 0 saturated heterocycles. The summed E-state index contributed by atoms with van der Waals surface area (Å²) in [6.07, 6.45) is 6.34. The van der Waals surface area contributed by atoms with Crippen LogP contribution in [0.1, 0.15) is 64.3 Å². The molecule has 0 aromatic heterocycles. The Kier molecular flexibility index (Phi) is 5.87. The molecule has 0 aliphatic heterocycles. The predicted molar refractivity (Wildman–Crippen MR) is 98.3 cm³/mol. The quantitative estimate of drug-likeness (QED) is 0.530. The summed E-state index contributed by atoms with van der Waals surface area (Å²) < 4.78 is 5.10. The first-order valence-electron chi connectivity index (χ1n) is 8.70. The van der Waals surface area contributed by atoms with E-state index < -0.39 is 5.97 Å². The molecule has 3 rings (SSSR count). The van der Waals surface area contributed by atoms with Crippen LogP contribution in [-0.4, -0.2) is 18.4 Å². The van der Waals surface area contributed by atoms with Crippen molar-refractivity contribution in [3.05, 3.63) is 70.2 Å². The largest absolute Gasteiger partial charge is 0.454 e. The second-order valence-corrected chi connectivity index (χ2v) is 6.84. The Bertz CT molecular complexity index is 746. The molecule has 130 valence electrons. The summed E-state index contributed by atoms with van der Waals surface area (Å²) in [5.41, 5.74) is 2.13. The number of carbonyl (C=O) groups is 2. The molecule has 0 N–H and O–H groups in total. The van der Waals surface area contributed by atoms with E-state index in [1.807, 2.05) is 24.3 Å². The first kappa shape index (κ1) is 17.7. The molecule has 0 heterocycles. The minimum Gasteiger partial charge on any atom is -0.454 e. The van der Waals surface area contributed by atoms with E-state index in [4.69, 9.17) is 16.3 Å². The number of carbonyl (C=O) groups excluding carboxylic acids is 2. The van der Waals surface area contributed by atoms with Crippen molar-refractivity contribution in [3.63, 3.8) is 0 Å². The van der Waals surface area contributed by atoms with E-state index in [1.54, 1.807) is 24.3 Å². The van der Waals surface area contributed by atoms with Gasteiger partial charge in [-0.3, -0.25) is 4.79 Å². The van der Waals surface area contributed by atoms with Crippen LogP contribution >= 0.6 is 11.6 Å². The van der Waals surface area contributed by atoms with Crippen molar-refractivity contribution in [1.82, 2.24) is 0 Å². The maximum Gasteiger partial charge on any atom is 0.340 e. The van der Waals surface area contributed by atoms with Gasteiger partial charge in [-0.2, -0.15) is 0 Å². The average molecular weight is 357 g/mol. The average Bonchev–Trinajstić information content (AvgIpc) is 2.67. The van der Waals surface area contributed by atoms with Gasteiger partial charge in [-0.25, -0.2) is 4.79 Å². The zero-order chi connectivity index (χ0) is 17.6. The number of hydrogen-bond acceptors (Lipinski definition) is 3. The Labute approximate surface area is 153 Å². The third-order valence-electron chi connectivity index (χ3n) is 4.74. The Morgan fingerprint density at radius 2 is 1.64 bits per heavy atom. The van der Waals surface area contributed by atoms with Crippen molar-refractivity contribution < 1.29 is 14.3 Å². The fourth-order valence-corrected chi connectivity index (χ4v) is 3.51. The van der Waals surface area contributed by atoms with Gasteiger partial charge in [0, 0.05) is 5.56 Å². The highest BCUT2D eigenvalue weighted by molar-refractivity contribution is 6.33. The molecule has 1 saturated carbocycles. The van der Waals surface area contributed by atoms with Crippen LogP contribution in [0.4, 0.5) is 0 Å². The minimum atomic E-state index is -0.585. The Morgan fingerprint density at radius 3 is 2.32 bits per heavy atom. The molecule has 25 heavy (non-hydrogen) atoms. The van der Waals surface area contributed by atoms with E-state index in [-0.39, 0.29) is 18.0 Å². The summed E-state index contributed by atoms with van der Waals surface area (Å²) in [5, 5.41) is 0.316. The fraction of sp³-hybridized carbons (Fsp3) is 0.333. The molecule has 0 unspecified atom stereocenters. The lowest BCUT2D eigenvalue weighted by Crippen LogP contribution is -2.14. The van der Waals surface area contributed by atoms with Crippen molar-refractivity contribution >= 4 is 23.4 Å². The van der Waals surface area contributed by atoms with Crippen LogP contribution in [-0.2, 0) is 4.74 Å². The summed E-state index contributed by atoms with van der Waals surface area (Å²) in [6, 6.07) is 14.3. The van der Waals surface area contributed by atoms with E-state index in [1.165, 1.54) is 37.7 Å². The molecule has 0 bridgehead atoms. The number of ether oxygens (including phenoxy) is 1. The predicted octanol–water partition coefficient (Wildman–Crippen LogP) is 5.43. The van der Waals surface area contributed by atoms with Gasteiger partial charge in [0.1, 0.15) is 0 Å². The normalized spacial score (nSPS) is 14.9. The number of halogens is 1. The second-order valence-electron chi connectivity index (χ2n) is 6.44. The Hall–Kier alpha value is -2.13. The van der Waals surface area contributed by atoms with Gasteiger partial charge in [-0.05, 0) is 36.5 Å². The second kappa shape index (κ2) is 8.30. The molecule has 1 aliphatic rings. The van der Waals surface area contributed by atoms with Gasteiger partial charge in [-0.1, -0.05) is 67.3 Å². The highest BCUT2D eigenvalue weighted by Gasteiger charge is 2.17. The van der Waals surface area contributed by atoms with E-state index >= 15 is 0 Å². The van der Waals surface area contributed by atoms with E-state index in [2.05, 4.69) is 0 Å². The number of benzene rings is 2. The molecule has 0 spiro atoms. The lowest BCUT2D eigenvalue weighted by atomic mass is 9.84. The minimum absolute atomic E-state index is 0.212. The number of rotatable bonds is 5. The summed E-state index contributed by atoms with van der Waals surface area (Å²) in [6.45, 7) is -0.285. The highest BCUT2D eigenvalue weighted by Crippen LogP contribution is 2.32. The van der Waals surface area contributed by atoms with Crippen molar-refractivity contribution in [2.75, 3.05) is 6.61 Å². The standard InChI is InChI=1S/C21H21ClO3/c22-19-9-5-4-8-18(19)21(24)25-14-20(23)17-12-10-16(11-13-17)15-6-2-1-3-7-15/h4-5,8-13,15H,1-3,6-7,14H2. The molecule has 2 aromatic carbocycles. The zero-order valence-corrected chi connectivity index (χ0v) is 14.8. The molecular formula is C21H21ClO3. The lowest BCUT2D eigenvalue weighted by molar-refractivity contribution is 0.0475. The number of esters is 1. The van der Waals surface area contributed by atoms with Crippen LogP contribution in [0, 0.1) is 0 Å². The molecule has 1 fully saturated rings. The van der Waals surface area contributed by atoms with Crippen LogP contribution in [0.15, 0.2) is 48.5 Å². The first-order valence-corrected chi connectivity index (χ1v) is 9.08. The van der Waals surface area contributed by atoms with Gasteiger partial charge in [0.15, 0.2) is 12.4 Å². The summed E-state index contributed by atoms with van der Waals surface area (Å²) >= 11 is 5.96. The van der Waals surface area contributed by atoms with Crippen molar-refractivity contribution in [2.45, 2.75) is 38.0 Å². The zero-order valence-electron chi connectivity index (χ0n) is 14.0. The maximum atomic E-state index is 12.2. The van der Waals surface area contributed by atoms with Crippen LogP contribution in [0.2, 0.25) is 5.02 Å². The van der Waals surface area contributed by atoms with Crippen molar-refractivity contribution in [2.24, 2.45) is 0 Å². The summed E-state index contributed by atoms with van der Waals surface area (Å²) in [4.78, 5) is 24.2. The Morgan fingerprint density at radius 1 is 0.960 bits per heavy atom. The van der Waals surface area contributed by atoms with E-state index in [0.717, 1.165) is 0 Å². The third kappa shape index (κ3) is 4.49. The molecule has 1 aliphatic carbocycles. The van der Waals surface area contributed by atoms with Gasteiger partial charge in [0.05, 0.1) is 10.6 Å². The molecule has 4 heteroatoms. The van der Waals surface area contributed by atoms with Crippen LogP contribution in [0.25, 0.3) is 0 Å². The van der Waals surface area contributed by atoms with Crippen LogP contribution in [0.3, 0.4) is 0 Å². The first-order chi connectivity index (χ1) is 12.1. The van der Waals surface area contributed by atoms with Gasteiger partial charge in [0.2, 0.25) is 0 Å². The molecule has 0 amide bonds. The maximum absolute atomic E-state index is 12.2. The highest BCUT2D eigenvalue weighted by atomic mass is 35.5. The number of Topliss-reactive ketones (excluding diaryl/α,β-unsaturated/α-hetero) is 1. The van der Waals surface area contributed by atoms with Gasteiger partial charge in [-0.15, -0.1) is 0 Å². The topological polar surface area (TPSA) is 43.4 Å². The van der Waals surface area contributed by atoms with E-state index in [9.17, 15) is 9.59 Å². The Balaban J connectivity index is 1.58. The monoisotopic (exact) mass is 356 g/mol. The van der Waals surface area contributed by atoms with Crippen molar-refractivity contribution in [1.29, 1.82) is 0 Å². The smallest absolute Gasteiger partial charge is 0.340 e. The van der Waals surface area contributed by atoms with Gasteiger partial charge >= 0.3 is 5.97 Å². The molecule has 0 atom stereocenters. The van der Waals surface area contributed by atoms with Crippen molar-refractivity contribution in [3.8, 4) is 0 Å². The molecule has 2 aromatic rings. The third-order valence-corrected chi connectivity index (χ3v) is 5.07. The molecular weight excluding hydrogens is 336 g/mol. The fourth-order valence-electron chi connectivity index (χ4n) is 3.30. The summed E-state index contributed by atoms with van der Waals surface area (Å²) in [7, 11) is 0. The van der Waals surface area contributed by atoms with Gasteiger partial charge < -0.3 is 4.74 Å².